The molecule has 0 unspecified atom stereocenters. The minimum Gasteiger partial charge on any atom is -1.00 e. The van der Waals surface area contributed by atoms with E-state index in [9.17, 15) is 8.42 Å². The van der Waals surface area contributed by atoms with E-state index in [0.717, 1.165) is 5.56 Å². The fourth-order valence-corrected chi connectivity index (χ4v) is 1.36. The second-order valence-electron chi connectivity index (χ2n) is 2.44. The normalized spacial score (nSPS) is 10.6. The van der Waals surface area contributed by atoms with E-state index >= 15 is 0 Å². The number of hydrogen-bond donors (Lipinski definition) is 2. The third-order valence-electron chi connectivity index (χ3n) is 1.54. The van der Waals surface area contributed by atoms with Gasteiger partial charge < -0.3 is 18.1 Å². The van der Waals surface area contributed by atoms with Gasteiger partial charge in [-0.3, -0.25) is 0 Å². The summed E-state index contributed by atoms with van der Waals surface area (Å²) in [7, 11) is -3.55. The van der Waals surface area contributed by atoms with Crippen molar-refractivity contribution in [3.63, 3.8) is 0 Å². The number of halogens is 1. The predicted octanol–water partition coefficient (Wildman–Crippen LogP) is -3.92. The molecule has 0 spiro atoms. The Labute approximate surface area is 83.4 Å². The first-order valence-corrected chi connectivity index (χ1v) is 4.99. The average molecular weight is 223 g/mol. The summed E-state index contributed by atoms with van der Waals surface area (Å²) in [6, 6.07) is 6.37. The first-order chi connectivity index (χ1) is 5.54. The van der Waals surface area contributed by atoms with Gasteiger partial charge in [0.25, 0.3) is 0 Å². The van der Waals surface area contributed by atoms with Crippen LogP contribution >= 0.6 is 0 Å². The maximum Gasteiger partial charge on any atom is 0.238 e. The Bertz CT molecular complexity index is 361. The minimum atomic E-state index is -3.55. The maximum atomic E-state index is 10.8. The molecule has 0 atom stereocenters. The SMILES string of the molecule is NS(=O)(=O)c1ccc(C[NH3+])cc1.[Cl-]. The second kappa shape index (κ2) is 4.57. The molecule has 0 aliphatic heterocycles. The molecule has 5 N–H and O–H groups in total. The summed E-state index contributed by atoms with van der Waals surface area (Å²) in [6.45, 7) is 0.644. The highest BCUT2D eigenvalue weighted by atomic mass is 35.5. The highest BCUT2D eigenvalue weighted by molar-refractivity contribution is 7.89. The lowest BCUT2D eigenvalue weighted by atomic mass is 10.2. The third kappa shape index (κ3) is 3.31. The van der Waals surface area contributed by atoms with Gasteiger partial charge in [-0.2, -0.15) is 0 Å². The number of sulfonamides is 1. The van der Waals surface area contributed by atoms with E-state index in [1.165, 1.54) is 12.1 Å². The van der Waals surface area contributed by atoms with Gasteiger partial charge >= 0.3 is 0 Å². The van der Waals surface area contributed by atoms with Crippen molar-refractivity contribution in [2.24, 2.45) is 5.14 Å². The van der Waals surface area contributed by atoms with E-state index in [2.05, 4.69) is 5.73 Å². The van der Waals surface area contributed by atoms with Crippen molar-refractivity contribution in [2.75, 3.05) is 0 Å². The topological polar surface area (TPSA) is 87.8 Å². The lowest BCUT2D eigenvalue weighted by molar-refractivity contribution is -0.386. The zero-order chi connectivity index (χ0) is 9.19. The van der Waals surface area contributed by atoms with Crippen molar-refractivity contribution in [3.05, 3.63) is 29.8 Å². The molecule has 0 saturated carbocycles. The summed E-state index contributed by atoms with van der Waals surface area (Å²) in [5.41, 5.74) is 4.66. The largest absolute Gasteiger partial charge is 1.00 e. The van der Waals surface area contributed by atoms with E-state index in [0.29, 0.717) is 6.54 Å². The molecule has 0 aliphatic carbocycles. The summed E-state index contributed by atoms with van der Waals surface area (Å²) < 4.78 is 21.6. The van der Waals surface area contributed by atoms with Gasteiger partial charge in [0.2, 0.25) is 10.0 Å². The van der Waals surface area contributed by atoms with Gasteiger partial charge in [0.05, 0.1) is 11.4 Å². The number of benzene rings is 1. The number of hydrogen-bond acceptors (Lipinski definition) is 2. The molecule has 13 heavy (non-hydrogen) atoms. The molecule has 1 aromatic rings. The molecule has 4 nitrogen and oxygen atoms in total. The summed E-state index contributed by atoms with van der Waals surface area (Å²) in [6.07, 6.45) is 0. The van der Waals surface area contributed by atoms with Crippen LogP contribution < -0.4 is 23.3 Å². The number of quaternary nitrogens is 1. The van der Waals surface area contributed by atoms with Gasteiger partial charge in [-0.25, -0.2) is 13.6 Å². The van der Waals surface area contributed by atoms with E-state index < -0.39 is 10.0 Å². The van der Waals surface area contributed by atoms with E-state index in [-0.39, 0.29) is 17.3 Å². The van der Waals surface area contributed by atoms with Crippen LogP contribution in [0.4, 0.5) is 0 Å². The van der Waals surface area contributed by atoms with Crippen LogP contribution in [0.25, 0.3) is 0 Å². The van der Waals surface area contributed by atoms with Gasteiger partial charge in [0.1, 0.15) is 0 Å². The van der Waals surface area contributed by atoms with Gasteiger partial charge in [-0.1, -0.05) is 12.1 Å². The standard InChI is InChI=1S/C7H10N2O2S.ClH/c8-5-6-1-3-7(4-2-6)12(9,10)11;/h1-4H,5,8H2,(H2,9,10,11);1H. The highest BCUT2D eigenvalue weighted by Crippen LogP contribution is 2.07. The highest BCUT2D eigenvalue weighted by Gasteiger charge is 2.05. The zero-order valence-corrected chi connectivity index (χ0v) is 8.48. The Morgan fingerprint density at radius 2 is 1.69 bits per heavy atom. The maximum absolute atomic E-state index is 10.8. The monoisotopic (exact) mass is 222 g/mol. The molecule has 0 fully saturated rings. The average Bonchev–Trinajstić information content (AvgIpc) is 2.03. The predicted molar refractivity (Wildman–Crippen MR) is 44.4 cm³/mol. The lowest BCUT2D eigenvalue weighted by Crippen LogP contribution is -3.00. The Hall–Kier alpha value is -0.620. The van der Waals surface area contributed by atoms with Crippen LogP contribution in [0.2, 0.25) is 0 Å². The Kier molecular flexibility index (Phi) is 4.35. The van der Waals surface area contributed by atoms with Crippen molar-refractivity contribution in [1.29, 1.82) is 0 Å². The van der Waals surface area contributed by atoms with Crippen LogP contribution in [0.1, 0.15) is 5.56 Å². The summed E-state index contributed by atoms with van der Waals surface area (Å²) >= 11 is 0. The molecule has 0 amide bonds. The van der Waals surface area contributed by atoms with Crippen molar-refractivity contribution in [3.8, 4) is 0 Å². The van der Waals surface area contributed by atoms with Crippen LogP contribution in [-0.4, -0.2) is 8.42 Å². The summed E-state index contributed by atoms with van der Waals surface area (Å²) in [5.74, 6) is 0. The van der Waals surface area contributed by atoms with Crippen molar-refractivity contribution < 1.29 is 26.6 Å². The van der Waals surface area contributed by atoms with Crippen LogP contribution in [0.5, 0.6) is 0 Å². The Morgan fingerprint density at radius 1 is 1.23 bits per heavy atom. The third-order valence-corrected chi connectivity index (χ3v) is 2.47. The second-order valence-corrected chi connectivity index (χ2v) is 4.00. The molecule has 0 saturated heterocycles. The number of nitrogens with two attached hydrogens (primary N) is 1. The molecule has 0 bridgehead atoms. The fourth-order valence-electron chi connectivity index (χ4n) is 0.846. The van der Waals surface area contributed by atoms with Crippen LogP contribution in [0.15, 0.2) is 29.2 Å². The molecule has 1 rings (SSSR count). The molecule has 0 heterocycles. The molecule has 1 aromatic carbocycles. The van der Waals surface area contributed by atoms with Crippen LogP contribution in [-0.2, 0) is 16.6 Å². The van der Waals surface area contributed by atoms with E-state index in [4.69, 9.17) is 5.14 Å². The van der Waals surface area contributed by atoms with Crippen LogP contribution in [0.3, 0.4) is 0 Å². The molecular formula is C7H11ClN2O2S. The molecule has 74 valence electrons. The minimum absolute atomic E-state index is 0. The number of primary sulfonamides is 1. The summed E-state index contributed by atoms with van der Waals surface area (Å²) in [5, 5.41) is 4.90. The fraction of sp³-hybridized carbons (Fsp3) is 0.143. The van der Waals surface area contributed by atoms with E-state index in [1.807, 2.05) is 0 Å². The zero-order valence-electron chi connectivity index (χ0n) is 6.90. The van der Waals surface area contributed by atoms with E-state index in [1.54, 1.807) is 12.1 Å². The smallest absolute Gasteiger partial charge is 0.238 e. The Morgan fingerprint density at radius 3 is 2.00 bits per heavy atom. The van der Waals surface area contributed by atoms with Gasteiger partial charge in [0, 0.05) is 5.56 Å². The molecule has 0 aliphatic rings. The first kappa shape index (κ1) is 12.4. The van der Waals surface area contributed by atoms with Crippen molar-refractivity contribution >= 4 is 10.0 Å². The molecular weight excluding hydrogens is 212 g/mol. The lowest BCUT2D eigenvalue weighted by Gasteiger charge is -1.97. The molecule has 6 heteroatoms. The summed E-state index contributed by atoms with van der Waals surface area (Å²) in [4.78, 5) is 0.139. The van der Waals surface area contributed by atoms with Gasteiger partial charge in [0.15, 0.2) is 0 Å². The van der Waals surface area contributed by atoms with Crippen LogP contribution in [0, 0.1) is 0 Å². The quantitative estimate of drug-likeness (QED) is 0.536. The van der Waals surface area contributed by atoms with Gasteiger partial charge in [-0.15, -0.1) is 0 Å². The van der Waals surface area contributed by atoms with Crippen molar-refractivity contribution in [1.82, 2.24) is 0 Å². The number of rotatable bonds is 2. The molecule has 0 radical (unpaired) electrons. The van der Waals surface area contributed by atoms with Crippen molar-refractivity contribution in [2.45, 2.75) is 11.4 Å². The molecule has 0 aromatic heterocycles. The first-order valence-electron chi connectivity index (χ1n) is 3.45. The van der Waals surface area contributed by atoms with Gasteiger partial charge in [-0.05, 0) is 12.1 Å². The Balaban J connectivity index is 0.00000144.